The van der Waals surface area contributed by atoms with Crippen molar-refractivity contribution in [3.8, 4) is 11.1 Å². The van der Waals surface area contributed by atoms with Crippen molar-refractivity contribution >= 4 is 16.7 Å². The zero-order valence-electron chi connectivity index (χ0n) is 12.4. The Balaban J connectivity index is 2.31. The molecule has 0 saturated carbocycles. The second kappa shape index (κ2) is 5.60. The molecule has 0 aliphatic carbocycles. The van der Waals surface area contributed by atoms with Crippen molar-refractivity contribution in [3.05, 3.63) is 58.8 Å². The Labute approximate surface area is 127 Å². The van der Waals surface area contributed by atoms with Crippen LogP contribution in [0, 0.1) is 5.82 Å². The lowest BCUT2D eigenvalue weighted by Gasteiger charge is -2.12. The number of hydrogen-bond acceptors (Lipinski definition) is 3. The fourth-order valence-corrected chi connectivity index (χ4v) is 2.56. The summed E-state index contributed by atoms with van der Waals surface area (Å²) in [5, 5.41) is 3.85. The van der Waals surface area contributed by atoms with Gasteiger partial charge in [-0.3, -0.25) is 4.79 Å². The van der Waals surface area contributed by atoms with Crippen LogP contribution in [0.4, 0.5) is 10.2 Å². The van der Waals surface area contributed by atoms with Crippen molar-refractivity contribution in [2.75, 3.05) is 12.4 Å². The molecule has 0 atom stereocenters. The van der Waals surface area contributed by atoms with Gasteiger partial charge >= 0.3 is 0 Å². The molecule has 2 aromatic heterocycles. The number of benzene rings is 1. The molecule has 4 nitrogen and oxygen atoms in total. The number of rotatable bonds is 3. The molecule has 3 rings (SSSR count). The van der Waals surface area contributed by atoms with E-state index in [1.54, 1.807) is 29.9 Å². The van der Waals surface area contributed by atoms with Crippen LogP contribution in [0.25, 0.3) is 22.0 Å². The van der Waals surface area contributed by atoms with Crippen molar-refractivity contribution in [1.29, 1.82) is 0 Å². The quantitative estimate of drug-likeness (QED) is 0.807. The summed E-state index contributed by atoms with van der Waals surface area (Å²) in [4.78, 5) is 17.0. The normalized spacial score (nSPS) is 10.9. The molecule has 0 spiro atoms. The van der Waals surface area contributed by atoms with Crippen molar-refractivity contribution in [2.45, 2.75) is 13.5 Å². The summed E-state index contributed by atoms with van der Waals surface area (Å²) in [6.07, 6.45) is 1.74. The zero-order valence-corrected chi connectivity index (χ0v) is 12.4. The molecule has 5 heteroatoms. The van der Waals surface area contributed by atoms with E-state index in [0.717, 1.165) is 10.9 Å². The maximum Gasteiger partial charge on any atom is 0.258 e. The first-order valence-electron chi connectivity index (χ1n) is 7.11. The standard InChI is InChI=1S/C17H16FN3O/c1-3-21-15-9-16(19-2)20-10-12(15)8-14(17(21)22)11-4-6-13(18)7-5-11/h4-10H,3H2,1-2H3,(H,19,20). The third kappa shape index (κ3) is 2.35. The van der Waals surface area contributed by atoms with E-state index in [0.29, 0.717) is 23.5 Å². The Hall–Kier alpha value is -2.69. The summed E-state index contributed by atoms with van der Waals surface area (Å²) in [5.41, 5.74) is 1.99. The number of nitrogens with zero attached hydrogens (tertiary/aromatic N) is 2. The molecular formula is C17H16FN3O. The molecule has 0 fully saturated rings. The lowest BCUT2D eigenvalue weighted by Crippen LogP contribution is -2.21. The molecular weight excluding hydrogens is 281 g/mol. The van der Waals surface area contributed by atoms with Gasteiger partial charge in [-0.2, -0.15) is 0 Å². The number of hydrogen-bond donors (Lipinski definition) is 1. The lowest BCUT2D eigenvalue weighted by molar-refractivity contribution is 0.628. The van der Waals surface area contributed by atoms with E-state index in [9.17, 15) is 9.18 Å². The number of halogens is 1. The smallest absolute Gasteiger partial charge is 0.258 e. The van der Waals surface area contributed by atoms with Gasteiger partial charge in [0.05, 0.1) is 5.52 Å². The third-order valence-electron chi connectivity index (χ3n) is 3.71. The van der Waals surface area contributed by atoms with Crippen LogP contribution < -0.4 is 10.9 Å². The summed E-state index contributed by atoms with van der Waals surface area (Å²) in [6.45, 7) is 2.48. The SMILES string of the molecule is CCn1c(=O)c(-c2ccc(F)cc2)cc2cnc(NC)cc21. The van der Waals surface area contributed by atoms with E-state index in [4.69, 9.17) is 0 Å². The van der Waals surface area contributed by atoms with Crippen LogP contribution in [-0.4, -0.2) is 16.6 Å². The van der Waals surface area contributed by atoms with E-state index in [1.807, 2.05) is 19.1 Å². The summed E-state index contributed by atoms with van der Waals surface area (Å²) >= 11 is 0. The van der Waals surface area contributed by atoms with Crippen LogP contribution in [0.2, 0.25) is 0 Å². The predicted molar refractivity (Wildman–Crippen MR) is 86.6 cm³/mol. The Morgan fingerprint density at radius 3 is 2.59 bits per heavy atom. The fourth-order valence-electron chi connectivity index (χ4n) is 2.56. The molecule has 1 aromatic carbocycles. The van der Waals surface area contributed by atoms with Crippen LogP contribution in [0.15, 0.2) is 47.4 Å². The number of anilines is 1. The highest BCUT2D eigenvalue weighted by molar-refractivity contribution is 5.85. The third-order valence-corrected chi connectivity index (χ3v) is 3.71. The zero-order chi connectivity index (χ0) is 15.7. The van der Waals surface area contributed by atoms with Crippen LogP contribution in [0.3, 0.4) is 0 Å². The van der Waals surface area contributed by atoms with Crippen molar-refractivity contribution < 1.29 is 4.39 Å². The first-order chi connectivity index (χ1) is 10.6. The second-order valence-corrected chi connectivity index (χ2v) is 4.99. The molecule has 0 unspecified atom stereocenters. The van der Waals surface area contributed by atoms with Crippen molar-refractivity contribution in [2.24, 2.45) is 0 Å². The number of nitrogens with one attached hydrogen (secondary N) is 1. The van der Waals surface area contributed by atoms with Crippen LogP contribution >= 0.6 is 0 Å². The molecule has 112 valence electrons. The summed E-state index contributed by atoms with van der Waals surface area (Å²) < 4.78 is 14.8. The number of pyridine rings is 2. The number of fused-ring (bicyclic) bond motifs is 1. The van der Waals surface area contributed by atoms with Gasteiger partial charge in [-0.15, -0.1) is 0 Å². The van der Waals surface area contributed by atoms with Crippen LogP contribution in [0.5, 0.6) is 0 Å². The molecule has 22 heavy (non-hydrogen) atoms. The van der Waals surface area contributed by atoms with Crippen molar-refractivity contribution in [1.82, 2.24) is 9.55 Å². The van der Waals surface area contributed by atoms with Crippen LogP contribution in [0.1, 0.15) is 6.92 Å². The monoisotopic (exact) mass is 297 g/mol. The van der Waals surface area contributed by atoms with Gasteiger partial charge in [0.25, 0.3) is 5.56 Å². The van der Waals surface area contributed by atoms with Gasteiger partial charge in [-0.1, -0.05) is 12.1 Å². The van der Waals surface area contributed by atoms with Gasteiger partial charge < -0.3 is 9.88 Å². The maximum atomic E-state index is 13.1. The Morgan fingerprint density at radius 1 is 1.23 bits per heavy atom. The number of aryl methyl sites for hydroxylation is 1. The van der Waals surface area contributed by atoms with Gasteiger partial charge in [0.2, 0.25) is 0 Å². The predicted octanol–water partition coefficient (Wildman–Crippen LogP) is 3.26. The van der Waals surface area contributed by atoms with Crippen LogP contribution in [-0.2, 0) is 6.54 Å². The van der Waals surface area contributed by atoms with Gasteiger partial charge in [0.15, 0.2) is 0 Å². The van der Waals surface area contributed by atoms with Gasteiger partial charge in [-0.05, 0) is 30.7 Å². The van der Waals surface area contributed by atoms with E-state index >= 15 is 0 Å². The minimum Gasteiger partial charge on any atom is -0.373 e. The van der Waals surface area contributed by atoms with Gasteiger partial charge in [0.1, 0.15) is 11.6 Å². The average molecular weight is 297 g/mol. The maximum absolute atomic E-state index is 13.1. The molecule has 1 N–H and O–H groups in total. The van der Waals surface area contributed by atoms with E-state index in [2.05, 4.69) is 10.3 Å². The van der Waals surface area contributed by atoms with E-state index in [-0.39, 0.29) is 11.4 Å². The molecule has 0 bridgehead atoms. The average Bonchev–Trinajstić information content (AvgIpc) is 2.55. The molecule has 3 aromatic rings. The topological polar surface area (TPSA) is 46.9 Å². The van der Waals surface area contributed by atoms with E-state index < -0.39 is 0 Å². The van der Waals surface area contributed by atoms with Gasteiger partial charge in [-0.25, -0.2) is 9.37 Å². The summed E-state index contributed by atoms with van der Waals surface area (Å²) in [5.74, 6) is 0.393. The first-order valence-corrected chi connectivity index (χ1v) is 7.11. The summed E-state index contributed by atoms with van der Waals surface area (Å²) in [7, 11) is 1.79. The first kappa shape index (κ1) is 14.3. The molecule has 2 heterocycles. The Bertz CT molecular complexity index is 885. The highest BCUT2D eigenvalue weighted by atomic mass is 19.1. The van der Waals surface area contributed by atoms with Gasteiger partial charge in [0, 0.05) is 36.8 Å². The van der Waals surface area contributed by atoms with Crippen molar-refractivity contribution in [3.63, 3.8) is 0 Å². The second-order valence-electron chi connectivity index (χ2n) is 4.99. The Morgan fingerprint density at radius 2 is 1.95 bits per heavy atom. The molecule has 0 aliphatic heterocycles. The lowest BCUT2D eigenvalue weighted by atomic mass is 10.1. The fraction of sp³-hybridized carbons (Fsp3) is 0.176. The summed E-state index contributed by atoms with van der Waals surface area (Å²) in [6, 6.07) is 9.62. The largest absolute Gasteiger partial charge is 0.373 e. The highest BCUT2D eigenvalue weighted by Gasteiger charge is 2.11. The Kier molecular flexibility index (Phi) is 3.63. The minimum atomic E-state index is -0.319. The number of aromatic nitrogens is 2. The molecule has 0 amide bonds. The minimum absolute atomic E-state index is 0.0881. The molecule has 0 radical (unpaired) electrons. The molecule has 0 saturated heterocycles. The van der Waals surface area contributed by atoms with E-state index in [1.165, 1.54) is 12.1 Å². The molecule has 0 aliphatic rings. The highest BCUT2D eigenvalue weighted by Crippen LogP contribution is 2.22.